The summed E-state index contributed by atoms with van der Waals surface area (Å²) >= 11 is 3.36. The van der Waals surface area contributed by atoms with Gasteiger partial charge in [0.2, 0.25) is 21.8 Å². The first-order valence-electron chi connectivity index (χ1n) is 12.0. The molecule has 0 radical (unpaired) electrons. The summed E-state index contributed by atoms with van der Waals surface area (Å²) in [5.74, 6) is -0.0303. The highest BCUT2D eigenvalue weighted by Crippen LogP contribution is 2.23. The van der Waals surface area contributed by atoms with E-state index in [4.69, 9.17) is 4.74 Å². The SMILES string of the molecule is COc1ccc(CN(C(=O)CN(c2cccc(Br)c2)S(C)(=O)=O)C(C)C(=O)NC2CCCCC2)cc1. The van der Waals surface area contributed by atoms with E-state index in [1.54, 1.807) is 50.4 Å². The molecule has 1 aliphatic carbocycles. The minimum atomic E-state index is -3.77. The van der Waals surface area contributed by atoms with Crippen LogP contribution in [0, 0.1) is 0 Å². The van der Waals surface area contributed by atoms with Gasteiger partial charge in [-0.15, -0.1) is 0 Å². The molecule has 0 saturated heterocycles. The number of hydrogen-bond donors (Lipinski definition) is 1. The Kier molecular flexibility index (Phi) is 9.78. The molecular weight excluding hydrogens is 546 g/mol. The fourth-order valence-corrected chi connectivity index (χ4v) is 5.55. The second-order valence-corrected chi connectivity index (χ2v) is 12.0. The molecule has 1 N–H and O–H groups in total. The fraction of sp³-hybridized carbons (Fsp3) is 0.462. The number of rotatable bonds is 10. The molecule has 1 atom stereocenters. The third-order valence-corrected chi connectivity index (χ3v) is 8.04. The fourth-order valence-electron chi connectivity index (χ4n) is 4.32. The van der Waals surface area contributed by atoms with E-state index in [1.807, 2.05) is 12.1 Å². The van der Waals surface area contributed by atoms with Crippen LogP contribution >= 0.6 is 15.9 Å². The Morgan fingerprint density at radius 1 is 1.11 bits per heavy atom. The number of anilines is 1. The monoisotopic (exact) mass is 579 g/mol. The quantitative estimate of drug-likeness (QED) is 0.457. The van der Waals surface area contributed by atoms with Crippen LogP contribution in [-0.4, -0.2) is 57.1 Å². The molecule has 0 aliphatic heterocycles. The molecule has 1 fully saturated rings. The summed E-state index contributed by atoms with van der Waals surface area (Å²) in [6.07, 6.45) is 6.23. The van der Waals surface area contributed by atoms with Crippen molar-refractivity contribution >= 4 is 43.5 Å². The lowest BCUT2D eigenvalue weighted by Crippen LogP contribution is -2.52. The van der Waals surface area contributed by atoms with E-state index in [0.29, 0.717) is 15.9 Å². The number of benzene rings is 2. The van der Waals surface area contributed by atoms with Crippen LogP contribution < -0.4 is 14.4 Å². The third kappa shape index (κ3) is 7.70. The molecule has 196 valence electrons. The number of halogens is 1. The Labute approximate surface area is 222 Å². The maximum atomic E-state index is 13.6. The zero-order valence-electron chi connectivity index (χ0n) is 20.9. The molecule has 0 spiro atoms. The topological polar surface area (TPSA) is 96.0 Å². The molecule has 0 bridgehead atoms. The summed E-state index contributed by atoms with van der Waals surface area (Å²) in [6, 6.07) is 13.3. The highest BCUT2D eigenvalue weighted by Gasteiger charge is 2.31. The summed E-state index contributed by atoms with van der Waals surface area (Å²) in [6.45, 7) is 1.41. The number of nitrogens with one attached hydrogen (secondary N) is 1. The van der Waals surface area contributed by atoms with Gasteiger partial charge in [-0.3, -0.25) is 13.9 Å². The summed E-state index contributed by atoms with van der Waals surface area (Å²) in [5.41, 5.74) is 1.17. The first-order chi connectivity index (χ1) is 17.1. The average Bonchev–Trinajstić information content (AvgIpc) is 2.85. The van der Waals surface area contributed by atoms with Crippen molar-refractivity contribution in [2.24, 2.45) is 0 Å². The van der Waals surface area contributed by atoms with E-state index in [1.165, 1.54) is 11.3 Å². The van der Waals surface area contributed by atoms with Crippen molar-refractivity contribution in [2.45, 2.75) is 57.7 Å². The summed E-state index contributed by atoms with van der Waals surface area (Å²) in [4.78, 5) is 28.3. The van der Waals surface area contributed by atoms with Crippen molar-refractivity contribution in [1.82, 2.24) is 10.2 Å². The summed E-state index contributed by atoms with van der Waals surface area (Å²) < 4.78 is 32.3. The van der Waals surface area contributed by atoms with Crippen LogP contribution in [0.15, 0.2) is 53.0 Å². The Morgan fingerprint density at radius 3 is 2.36 bits per heavy atom. The predicted molar refractivity (Wildman–Crippen MR) is 144 cm³/mol. The van der Waals surface area contributed by atoms with Gasteiger partial charge >= 0.3 is 0 Å². The van der Waals surface area contributed by atoms with E-state index in [-0.39, 0.29) is 18.5 Å². The van der Waals surface area contributed by atoms with Crippen LogP contribution in [0.25, 0.3) is 0 Å². The molecule has 10 heteroatoms. The normalized spacial score (nSPS) is 15.1. The maximum Gasteiger partial charge on any atom is 0.244 e. The van der Waals surface area contributed by atoms with Gasteiger partial charge in [-0.2, -0.15) is 0 Å². The molecule has 1 unspecified atom stereocenters. The standard InChI is InChI=1S/C26H34BrN3O5S/c1-19(26(32)28-22-9-5-4-6-10-22)29(17-20-12-14-24(35-2)15-13-20)25(31)18-30(36(3,33)34)23-11-7-8-21(27)16-23/h7-8,11-16,19,22H,4-6,9-10,17-18H2,1-3H3,(H,28,32). The van der Waals surface area contributed by atoms with Gasteiger partial charge in [0.05, 0.1) is 19.1 Å². The molecule has 1 saturated carbocycles. The highest BCUT2D eigenvalue weighted by molar-refractivity contribution is 9.10. The van der Waals surface area contributed by atoms with Crippen LogP contribution in [0.3, 0.4) is 0 Å². The van der Waals surface area contributed by atoms with Crippen molar-refractivity contribution in [3.8, 4) is 5.75 Å². The minimum absolute atomic E-state index is 0.0980. The number of amides is 2. The van der Waals surface area contributed by atoms with Gasteiger partial charge in [-0.1, -0.05) is 53.4 Å². The largest absolute Gasteiger partial charge is 0.497 e. The number of carbonyl (C=O) groups excluding carboxylic acids is 2. The molecule has 2 aromatic carbocycles. The van der Waals surface area contributed by atoms with E-state index in [9.17, 15) is 18.0 Å². The lowest BCUT2D eigenvalue weighted by atomic mass is 9.95. The number of nitrogens with zero attached hydrogens (tertiary/aromatic N) is 2. The van der Waals surface area contributed by atoms with Crippen molar-refractivity contribution in [2.75, 3.05) is 24.2 Å². The average molecular weight is 581 g/mol. The van der Waals surface area contributed by atoms with Crippen molar-refractivity contribution in [3.63, 3.8) is 0 Å². The Balaban J connectivity index is 1.86. The van der Waals surface area contributed by atoms with Gasteiger partial charge in [0.25, 0.3) is 0 Å². The summed E-state index contributed by atoms with van der Waals surface area (Å²) in [5, 5.41) is 3.09. The number of sulfonamides is 1. The predicted octanol–water partition coefficient (Wildman–Crippen LogP) is 4.09. The number of ether oxygens (including phenoxy) is 1. The van der Waals surface area contributed by atoms with E-state index in [0.717, 1.165) is 41.8 Å². The molecule has 36 heavy (non-hydrogen) atoms. The van der Waals surface area contributed by atoms with Crippen LogP contribution in [0.5, 0.6) is 5.75 Å². The smallest absolute Gasteiger partial charge is 0.244 e. The number of hydrogen-bond acceptors (Lipinski definition) is 5. The zero-order chi connectivity index (χ0) is 26.3. The van der Waals surface area contributed by atoms with E-state index >= 15 is 0 Å². The lowest BCUT2D eigenvalue weighted by molar-refractivity contribution is -0.139. The molecule has 1 aliphatic rings. The van der Waals surface area contributed by atoms with Crippen LogP contribution in [-0.2, 0) is 26.2 Å². The molecule has 0 heterocycles. The second-order valence-electron chi connectivity index (χ2n) is 9.14. The third-order valence-electron chi connectivity index (χ3n) is 6.41. The summed E-state index contributed by atoms with van der Waals surface area (Å²) in [7, 11) is -2.19. The Bertz CT molecular complexity index is 1150. The van der Waals surface area contributed by atoms with Gasteiger partial charge < -0.3 is 15.0 Å². The number of methoxy groups -OCH3 is 1. The lowest BCUT2D eigenvalue weighted by Gasteiger charge is -2.33. The molecule has 3 rings (SSSR count). The Morgan fingerprint density at radius 2 is 1.78 bits per heavy atom. The molecular formula is C26H34BrN3O5S. The molecule has 2 aromatic rings. The highest BCUT2D eigenvalue weighted by atomic mass is 79.9. The first-order valence-corrected chi connectivity index (χ1v) is 14.7. The van der Waals surface area contributed by atoms with Gasteiger partial charge in [0.15, 0.2) is 0 Å². The zero-order valence-corrected chi connectivity index (χ0v) is 23.3. The van der Waals surface area contributed by atoms with E-state index < -0.39 is 28.5 Å². The molecule has 0 aromatic heterocycles. The van der Waals surface area contributed by atoms with E-state index in [2.05, 4.69) is 21.2 Å². The van der Waals surface area contributed by atoms with Gasteiger partial charge in [-0.25, -0.2) is 8.42 Å². The van der Waals surface area contributed by atoms with Crippen LogP contribution in [0.2, 0.25) is 0 Å². The maximum absolute atomic E-state index is 13.6. The second kappa shape index (κ2) is 12.6. The molecule has 2 amide bonds. The van der Waals surface area contributed by atoms with Gasteiger partial charge in [-0.05, 0) is 55.7 Å². The number of carbonyl (C=O) groups is 2. The van der Waals surface area contributed by atoms with Crippen LogP contribution in [0.4, 0.5) is 5.69 Å². The molecule has 8 nitrogen and oxygen atoms in total. The van der Waals surface area contributed by atoms with Crippen molar-refractivity contribution < 1.29 is 22.7 Å². The minimum Gasteiger partial charge on any atom is -0.497 e. The van der Waals surface area contributed by atoms with Crippen LogP contribution in [0.1, 0.15) is 44.6 Å². The van der Waals surface area contributed by atoms with Crippen molar-refractivity contribution in [3.05, 3.63) is 58.6 Å². The Hall–Kier alpha value is -2.59. The van der Waals surface area contributed by atoms with Crippen molar-refractivity contribution in [1.29, 1.82) is 0 Å². The van der Waals surface area contributed by atoms with Gasteiger partial charge in [0.1, 0.15) is 18.3 Å². The van der Waals surface area contributed by atoms with Gasteiger partial charge in [0, 0.05) is 17.1 Å². The first kappa shape index (κ1) is 28.0.